The fourth-order valence-electron chi connectivity index (χ4n) is 1.88. The predicted octanol–water partition coefficient (Wildman–Crippen LogP) is 1.30. The van der Waals surface area contributed by atoms with Gasteiger partial charge in [-0.3, -0.25) is 4.79 Å². The Kier molecular flexibility index (Phi) is 4.53. The van der Waals surface area contributed by atoms with Gasteiger partial charge in [-0.2, -0.15) is 0 Å². The monoisotopic (exact) mass is 254 g/mol. The maximum atomic E-state index is 11.8. The zero-order chi connectivity index (χ0) is 12.1. The molecule has 5 heteroatoms. The fraction of sp³-hybridized carbons (Fsp3) is 0.583. The number of amides is 1. The van der Waals surface area contributed by atoms with Gasteiger partial charge in [0.2, 0.25) is 5.91 Å². The standard InChI is InChI=1S/C12H18N2O2S/c1-9(11-3-2-6-17-11)14-12(15)7-10-8-16-5-4-13-10/h2-3,6,9-10,13H,4-5,7-8H2,1H3,(H,14,15). The Morgan fingerprint density at radius 2 is 2.65 bits per heavy atom. The highest BCUT2D eigenvalue weighted by molar-refractivity contribution is 7.10. The van der Waals surface area contributed by atoms with Gasteiger partial charge in [0.05, 0.1) is 19.3 Å². The van der Waals surface area contributed by atoms with Crippen molar-refractivity contribution >= 4 is 17.2 Å². The lowest BCUT2D eigenvalue weighted by atomic mass is 10.1. The zero-order valence-corrected chi connectivity index (χ0v) is 10.8. The van der Waals surface area contributed by atoms with Crippen LogP contribution in [0.2, 0.25) is 0 Å². The number of hydrogen-bond donors (Lipinski definition) is 2. The Bertz CT molecular complexity index is 347. The Labute approximate surface area is 105 Å². The fourth-order valence-corrected chi connectivity index (χ4v) is 2.62. The quantitative estimate of drug-likeness (QED) is 0.851. The highest BCUT2D eigenvalue weighted by Crippen LogP contribution is 2.18. The first-order valence-corrected chi connectivity index (χ1v) is 6.77. The summed E-state index contributed by atoms with van der Waals surface area (Å²) in [7, 11) is 0. The van der Waals surface area contributed by atoms with Crippen molar-refractivity contribution < 1.29 is 9.53 Å². The van der Waals surface area contributed by atoms with Crippen LogP contribution in [0.5, 0.6) is 0 Å². The molecule has 2 unspecified atom stereocenters. The minimum Gasteiger partial charge on any atom is -0.378 e. The molecule has 2 atom stereocenters. The van der Waals surface area contributed by atoms with Crippen LogP contribution in [0, 0.1) is 0 Å². The summed E-state index contributed by atoms with van der Waals surface area (Å²) in [6.07, 6.45) is 0.482. The zero-order valence-electron chi connectivity index (χ0n) is 9.94. The summed E-state index contributed by atoms with van der Waals surface area (Å²) in [5, 5.41) is 8.30. The summed E-state index contributed by atoms with van der Waals surface area (Å²) in [4.78, 5) is 13.0. The van der Waals surface area contributed by atoms with E-state index >= 15 is 0 Å². The maximum Gasteiger partial charge on any atom is 0.222 e. The number of morpholine rings is 1. The van der Waals surface area contributed by atoms with Gasteiger partial charge in [0.15, 0.2) is 0 Å². The molecule has 0 aliphatic carbocycles. The number of hydrogen-bond acceptors (Lipinski definition) is 4. The lowest BCUT2D eigenvalue weighted by Crippen LogP contribution is -2.44. The third kappa shape index (κ3) is 3.80. The van der Waals surface area contributed by atoms with E-state index in [0.29, 0.717) is 13.0 Å². The third-order valence-corrected chi connectivity index (χ3v) is 3.83. The van der Waals surface area contributed by atoms with Crippen LogP contribution in [-0.2, 0) is 9.53 Å². The molecule has 1 aromatic rings. The molecule has 1 aliphatic rings. The molecule has 0 saturated carbocycles. The lowest BCUT2D eigenvalue weighted by molar-refractivity contribution is -0.122. The van der Waals surface area contributed by atoms with Crippen molar-refractivity contribution in [3.05, 3.63) is 22.4 Å². The molecule has 17 heavy (non-hydrogen) atoms. The van der Waals surface area contributed by atoms with E-state index in [1.165, 1.54) is 4.88 Å². The van der Waals surface area contributed by atoms with Crippen molar-refractivity contribution in [3.63, 3.8) is 0 Å². The van der Waals surface area contributed by atoms with Crippen LogP contribution < -0.4 is 10.6 Å². The van der Waals surface area contributed by atoms with Crippen LogP contribution in [0.25, 0.3) is 0 Å². The molecule has 2 N–H and O–H groups in total. The minimum absolute atomic E-state index is 0.0777. The first-order chi connectivity index (χ1) is 8.25. The molecule has 0 spiro atoms. The molecule has 2 heterocycles. The van der Waals surface area contributed by atoms with Crippen molar-refractivity contribution in [2.75, 3.05) is 19.8 Å². The molecule has 2 rings (SSSR count). The van der Waals surface area contributed by atoms with Crippen molar-refractivity contribution in [3.8, 4) is 0 Å². The van der Waals surface area contributed by atoms with E-state index < -0.39 is 0 Å². The van der Waals surface area contributed by atoms with E-state index in [1.54, 1.807) is 11.3 Å². The Balaban J connectivity index is 1.76. The van der Waals surface area contributed by atoms with Crippen LogP contribution in [0.3, 0.4) is 0 Å². The van der Waals surface area contributed by atoms with Gasteiger partial charge in [0, 0.05) is 23.9 Å². The second-order valence-electron chi connectivity index (χ2n) is 4.23. The average molecular weight is 254 g/mol. The van der Waals surface area contributed by atoms with E-state index in [1.807, 2.05) is 24.4 Å². The van der Waals surface area contributed by atoms with Crippen molar-refractivity contribution in [2.24, 2.45) is 0 Å². The largest absolute Gasteiger partial charge is 0.378 e. The van der Waals surface area contributed by atoms with Crippen LogP contribution in [-0.4, -0.2) is 31.7 Å². The smallest absolute Gasteiger partial charge is 0.222 e. The van der Waals surface area contributed by atoms with Crippen LogP contribution in [0.4, 0.5) is 0 Å². The van der Waals surface area contributed by atoms with Gasteiger partial charge in [-0.1, -0.05) is 6.07 Å². The SMILES string of the molecule is CC(NC(=O)CC1COCCN1)c1cccs1. The predicted molar refractivity (Wildman–Crippen MR) is 68.1 cm³/mol. The van der Waals surface area contributed by atoms with Gasteiger partial charge in [-0.05, 0) is 18.4 Å². The molecule has 94 valence electrons. The second-order valence-corrected chi connectivity index (χ2v) is 5.21. The van der Waals surface area contributed by atoms with Crippen LogP contribution in [0.15, 0.2) is 17.5 Å². The van der Waals surface area contributed by atoms with E-state index in [9.17, 15) is 4.79 Å². The van der Waals surface area contributed by atoms with E-state index in [4.69, 9.17) is 4.74 Å². The summed E-state index contributed by atoms with van der Waals surface area (Å²) in [6.45, 7) is 4.21. The van der Waals surface area contributed by atoms with E-state index in [2.05, 4.69) is 10.6 Å². The molecular formula is C12H18N2O2S. The summed E-state index contributed by atoms with van der Waals surface area (Å²) >= 11 is 1.66. The summed E-state index contributed by atoms with van der Waals surface area (Å²) in [5.74, 6) is 0.0777. The van der Waals surface area contributed by atoms with Crippen LogP contribution >= 0.6 is 11.3 Å². The topological polar surface area (TPSA) is 50.4 Å². The highest BCUT2D eigenvalue weighted by Gasteiger charge is 2.18. The molecule has 1 saturated heterocycles. The summed E-state index contributed by atoms with van der Waals surface area (Å²) in [5.41, 5.74) is 0. The molecule has 1 fully saturated rings. The number of thiophene rings is 1. The second kappa shape index (κ2) is 6.14. The van der Waals surface area contributed by atoms with Crippen molar-refractivity contribution in [1.29, 1.82) is 0 Å². The number of carbonyl (C=O) groups is 1. The van der Waals surface area contributed by atoms with E-state index in [0.717, 1.165) is 13.2 Å². The molecule has 1 amide bonds. The molecule has 0 aromatic carbocycles. The van der Waals surface area contributed by atoms with Gasteiger partial charge in [0.1, 0.15) is 0 Å². The van der Waals surface area contributed by atoms with Gasteiger partial charge in [-0.25, -0.2) is 0 Å². The molecule has 1 aliphatic heterocycles. The van der Waals surface area contributed by atoms with Crippen LogP contribution in [0.1, 0.15) is 24.3 Å². The van der Waals surface area contributed by atoms with Crippen molar-refractivity contribution in [1.82, 2.24) is 10.6 Å². The minimum atomic E-state index is 0.0777. The first kappa shape index (κ1) is 12.5. The van der Waals surface area contributed by atoms with Crippen molar-refractivity contribution in [2.45, 2.75) is 25.4 Å². The Hall–Kier alpha value is -0.910. The number of carbonyl (C=O) groups excluding carboxylic acids is 1. The van der Waals surface area contributed by atoms with Gasteiger partial charge < -0.3 is 15.4 Å². The molecule has 0 radical (unpaired) electrons. The molecule has 1 aromatic heterocycles. The van der Waals surface area contributed by atoms with Gasteiger partial charge in [0.25, 0.3) is 0 Å². The molecular weight excluding hydrogens is 236 g/mol. The van der Waals surface area contributed by atoms with E-state index in [-0.39, 0.29) is 18.0 Å². The van der Waals surface area contributed by atoms with Gasteiger partial charge in [-0.15, -0.1) is 11.3 Å². The lowest BCUT2D eigenvalue weighted by Gasteiger charge is -2.23. The maximum absolute atomic E-state index is 11.8. The first-order valence-electron chi connectivity index (χ1n) is 5.89. The number of rotatable bonds is 4. The number of nitrogens with one attached hydrogen (secondary N) is 2. The molecule has 4 nitrogen and oxygen atoms in total. The summed E-state index contributed by atoms with van der Waals surface area (Å²) in [6, 6.07) is 4.28. The Morgan fingerprint density at radius 1 is 1.76 bits per heavy atom. The average Bonchev–Trinajstić information content (AvgIpc) is 2.83. The van der Waals surface area contributed by atoms with Gasteiger partial charge >= 0.3 is 0 Å². The Morgan fingerprint density at radius 3 is 3.29 bits per heavy atom. The summed E-state index contributed by atoms with van der Waals surface area (Å²) < 4.78 is 5.32. The third-order valence-electron chi connectivity index (χ3n) is 2.78. The highest BCUT2D eigenvalue weighted by atomic mass is 32.1. The number of ether oxygens (including phenoxy) is 1. The molecule has 0 bridgehead atoms. The normalized spacial score (nSPS) is 22.1.